The molecule has 0 fully saturated rings. The van der Waals surface area contributed by atoms with Crippen LogP contribution in [0.1, 0.15) is 13.8 Å². The van der Waals surface area contributed by atoms with Crippen molar-refractivity contribution in [2.45, 2.75) is 25.4 Å². The highest BCUT2D eigenvalue weighted by molar-refractivity contribution is 4.87. The van der Waals surface area contributed by atoms with E-state index < -0.39 is 5.54 Å². The summed E-state index contributed by atoms with van der Waals surface area (Å²) < 4.78 is 0. The third-order valence-corrected chi connectivity index (χ3v) is 1.48. The number of rotatable bonds is 2. The Hall–Kier alpha value is -0.120. The van der Waals surface area contributed by atoms with Crippen molar-refractivity contribution >= 4 is 0 Å². The van der Waals surface area contributed by atoms with Crippen LogP contribution in [0.3, 0.4) is 0 Å². The Kier molecular flexibility index (Phi) is 2.40. The van der Waals surface area contributed by atoms with E-state index in [2.05, 4.69) is 0 Å². The molecule has 6 N–H and O–H groups in total. The first-order valence-corrected chi connectivity index (χ1v) is 2.75. The number of hydrogen-bond acceptors (Lipinski definition) is 3. The summed E-state index contributed by atoms with van der Waals surface area (Å²) in [4.78, 5) is 0. The van der Waals surface area contributed by atoms with Gasteiger partial charge in [0.25, 0.3) is 0 Å². The fourth-order valence-corrected chi connectivity index (χ4v) is 0.186. The molecule has 50 valence electrons. The van der Waals surface area contributed by atoms with Crippen molar-refractivity contribution in [1.29, 1.82) is 0 Å². The van der Waals surface area contributed by atoms with Crippen LogP contribution in [0.15, 0.2) is 0 Å². The fraction of sp³-hybridized carbons (Fsp3) is 1.00. The number of nitrogens with two attached hydrogens (primary N) is 3. The normalized spacial score (nSPS) is 22.1. The number of hydrogen-bond donors (Lipinski definition) is 3. The van der Waals surface area contributed by atoms with Crippen LogP contribution in [0.2, 0.25) is 0 Å². The summed E-state index contributed by atoms with van der Waals surface area (Å²) in [6.45, 7) is 4.13. The van der Waals surface area contributed by atoms with Gasteiger partial charge in [0.2, 0.25) is 0 Å². The van der Waals surface area contributed by atoms with Crippen molar-refractivity contribution < 1.29 is 0 Å². The second-order valence-corrected chi connectivity index (χ2v) is 2.50. The Bertz CT molecular complexity index is 68.1. The second kappa shape index (κ2) is 2.44. The maximum atomic E-state index is 5.61. The minimum absolute atomic E-state index is 0.0347. The Labute approximate surface area is 50.2 Å². The van der Waals surface area contributed by atoms with Crippen LogP contribution in [0.25, 0.3) is 0 Å². The van der Waals surface area contributed by atoms with Gasteiger partial charge in [0, 0.05) is 18.1 Å². The first kappa shape index (κ1) is 7.88. The molecule has 0 aromatic heterocycles. The molecule has 0 rings (SSSR count). The van der Waals surface area contributed by atoms with Crippen molar-refractivity contribution in [2.75, 3.05) is 6.54 Å². The molecule has 2 unspecified atom stereocenters. The Balaban J connectivity index is 3.71. The summed E-state index contributed by atoms with van der Waals surface area (Å²) in [7, 11) is 0. The molecule has 0 spiro atoms. The summed E-state index contributed by atoms with van der Waals surface area (Å²) in [5, 5.41) is 0. The average molecular weight is 117 g/mol. The van der Waals surface area contributed by atoms with E-state index in [0.29, 0.717) is 6.54 Å². The molecule has 0 aliphatic heterocycles. The van der Waals surface area contributed by atoms with Crippen molar-refractivity contribution in [3.8, 4) is 0 Å². The summed E-state index contributed by atoms with van der Waals surface area (Å²) in [6, 6.07) is -0.0347. The second-order valence-electron chi connectivity index (χ2n) is 2.50. The molecule has 0 aromatic carbocycles. The molecule has 0 aliphatic rings. The largest absolute Gasteiger partial charge is 0.329 e. The van der Waals surface area contributed by atoms with Gasteiger partial charge in [-0.3, -0.25) is 0 Å². The molecule has 0 heterocycles. The van der Waals surface area contributed by atoms with Crippen molar-refractivity contribution in [3.63, 3.8) is 0 Å². The zero-order valence-corrected chi connectivity index (χ0v) is 5.52. The van der Waals surface area contributed by atoms with Crippen LogP contribution >= 0.6 is 0 Å². The summed E-state index contributed by atoms with van der Waals surface area (Å²) in [6.07, 6.45) is 0. The van der Waals surface area contributed by atoms with E-state index >= 15 is 0 Å². The lowest BCUT2D eigenvalue weighted by molar-refractivity contribution is 0.405. The lowest BCUT2D eigenvalue weighted by Gasteiger charge is -2.26. The molecule has 8 heavy (non-hydrogen) atoms. The van der Waals surface area contributed by atoms with Crippen LogP contribution in [0, 0.1) is 0 Å². The predicted octanol–water partition coefficient (Wildman–Crippen LogP) is -0.990. The molecule has 0 bridgehead atoms. The zero-order valence-electron chi connectivity index (χ0n) is 5.52. The minimum Gasteiger partial charge on any atom is -0.329 e. The highest BCUT2D eigenvalue weighted by atomic mass is 14.9. The molecule has 0 saturated carbocycles. The van der Waals surface area contributed by atoms with Gasteiger partial charge in [-0.05, 0) is 13.8 Å². The molecular formula is C5H15N3. The van der Waals surface area contributed by atoms with Gasteiger partial charge in [-0.25, -0.2) is 0 Å². The van der Waals surface area contributed by atoms with Crippen LogP contribution in [0.4, 0.5) is 0 Å². The van der Waals surface area contributed by atoms with E-state index in [9.17, 15) is 0 Å². The van der Waals surface area contributed by atoms with Gasteiger partial charge < -0.3 is 17.2 Å². The monoisotopic (exact) mass is 117 g/mol. The Morgan fingerprint density at radius 2 is 2.00 bits per heavy atom. The zero-order chi connectivity index (χ0) is 6.78. The Morgan fingerprint density at radius 3 is 2.00 bits per heavy atom. The first-order valence-electron chi connectivity index (χ1n) is 2.75. The smallest absolute Gasteiger partial charge is 0.0400 e. The molecule has 2 atom stereocenters. The molecular weight excluding hydrogens is 102 g/mol. The molecule has 3 nitrogen and oxygen atoms in total. The van der Waals surface area contributed by atoms with E-state index in [4.69, 9.17) is 17.2 Å². The third-order valence-electron chi connectivity index (χ3n) is 1.48. The molecule has 0 radical (unpaired) electrons. The summed E-state index contributed by atoms with van der Waals surface area (Å²) in [5.74, 6) is 0. The van der Waals surface area contributed by atoms with E-state index in [-0.39, 0.29) is 6.04 Å². The standard InChI is InChI=1S/C5H15N3/c1-4(7)5(2,8)3-6/h4H,3,6-8H2,1-2H3. The van der Waals surface area contributed by atoms with Gasteiger partial charge in [0.15, 0.2) is 0 Å². The lowest BCUT2D eigenvalue weighted by Crippen LogP contribution is -2.56. The van der Waals surface area contributed by atoms with Crippen LogP contribution in [0.5, 0.6) is 0 Å². The van der Waals surface area contributed by atoms with Gasteiger partial charge in [0.05, 0.1) is 0 Å². The van der Waals surface area contributed by atoms with E-state index in [1.807, 2.05) is 13.8 Å². The Morgan fingerprint density at radius 1 is 1.62 bits per heavy atom. The van der Waals surface area contributed by atoms with Crippen molar-refractivity contribution in [1.82, 2.24) is 0 Å². The van der Waals surface area contributed by atoms with E-state index in [0.717, 1.165) is 0 Å². The fourth-order valence-electron chi connectivity index (χ4n) is 0.186. The van der Waals surface area contributed by atoms with Gasteiger partial charge >= 0.3 is 0 Å². The highest BCUT2D eigenvalue weighted by Crippen LogP contribution is 1.98. The first-order chi connectivity index (χ1) is 3.50. The lowest BCUT2D eigenvalue weighted by atomic mass is 9.96. The average Bonchev–Trinajstić information content (AvgIpc) is 1.67. The van der Waals surface area contributed by atoms with Crippen LogP contribution in [-0.2, 0) is 0 Å². The molecule has 0 aliphatic carbocycles. The van der Waals surface area contributed by atoms with Crippen molar-refractivity contribution in [2.24, 2.45) is 17.2 Å². The van der Waals surface area contributed by atoms with Gasteiger partial charge in [-0.1, -0.05) is 0 Å². The predicted molar refractivity (Wildman–Crippen MR) is 35.3 cm³/mol. The van der Waals surface area contributed by atoms with E-state index in [1.165, 1.54) is 0 Å². The molecule has 0 amide bonds. The van der Waals surface area contributed by atoms with Gasteiger partial charge in [-0.15, -0.1) is 0 Å². The van der Waals surface area contributed by atoms with Crippen LogP contribution in [-0.4, -0.2) is 18.1 Å². The van der Waals surface area contributed by atoms with Gasteiger partial charge in [0.1, 0.15) is 0 Å². The van der Waals surface area contributed by atoms with E-state index in [1.54, 1.807) is 0 Å². The summed E-state index contributed by atoms with van der Waals surface area (Å²) >= 11 is 0. The quantitative estimate of drug-likeness (QED) is 0.434. The summed E-state index contributed by atoms with van der Waals surface area (Å²) in [5.41, 5.74) is 16.0. The van der Waals surface area contributed by atoms with Gasteiger partial charge in [-0.2, -0.15) is 0 Å². The third kappa shape index (κ3) is 1.78. The maximum absolute atomic E-state index is 5.61. The highest BCUT2D eigenvalue weighted by Gasteiger charge is 2.20. The SMILES string of the molecule is CC(N)C(C)(N)CN. The molecule has 0 aromatic rings. The molecule has 0 saturated heterocycles. The topological polar surface area (TPSA) is 78.1 Å². The minimum atomic E-state index is -0.403. The van der Waals surface area contributed by atoms with Crippen molar-refractivity contribution in [3.05, 3.63) is 0 Å². The maximum Gasteiger partial charge on any atom is 0.0400 e. The molecule has 3 heteroatoms. The van der Waals surface area contributed by atoms with Crippen LogP contribution < -0.4 is 17.2 Å².